The van der Waals surface area contributed by atoms with Crippen LogP contribution in [0.1, 0.15) is 22.9 Å². The lowest BCUT2D eigenvalue weighted by Gasteiger charge is -2.38. The van der Waals surface area contributed by atoms with Gasteiger partial charge in [-0.3, -0.25) is 14.9 Å². The van der Waals surface area contributed by atoms with Gasteiger partial charge in [0.05, 0.1) is 11.7 Å². The second-order valence-electron chi connectivity index (χ2n) is 7.03. The molecule has 2 aromatic heterocycles. The second-order valence-corrected chi connectivity index (χ2v) is 7.03. The number of benzene rings is 1. The molecule has 5 heteroatoms. The molecular weight excluding hydrogens is 324 g/mol. The van der Waals surface area contributed by atoms with E-state index < -0.39 is 0 Å². The third-order valence-electron chi connectivity index (χ3n) is 5.29. The number of likely N-dealkylation sites (N-methyl/N-ethyl adjacent to an activating group) is 1. The largest absolute Gasteiger partial charge is 0.505 e. The van der Waals surface area contributed by atoms with Crippen molar-refractivity contribution in [1.82, 2.24) is 19.8 Å². The molecule has 134 valence electrons. The molecule has 1 N–H and O–H groups in total. The molecule has 0 radical (unpaired) electrons. The third-order valence-corrected chi connectivity index (χ3v) is 5.29. The number of hydrogen-bond donors (Lipinski definition) is 1. The SMILES string of the molecule is Cc1cccnc1C(c1ccc2cccnc2c1O)N1CCN(C)CC1. The highest BCUT2D eigenvalue weighted by molar-refractivity contribution is 5.85. The van der Waals surface area contributed by atoms with Crippen LogP contribution >= 0.6 is 0 Å². The summed E-state index contributed by atoms with van der Waals surface area (Å²) in [5, 5.41) is 12.0. The van der Waals surface area contributed by atoms with Crippen molar-refractivity contribution in [3.05, 3.63) is 65.6 Å². The number of piperazine rings is 1. The molecule has 1 aromatic carbocycles. The van der Waals surface area contributed by atoms with Gasteiger partial charge in [0.2, 0.25) is 0 Å². The van der Waals surface area contributed by atoms with E-state index in [1.165, 1.54) is 0 Å². The molecule has 3 aromatic rings. The minimum atomic E-state index is -0.0729. The number of hydrogen-bond acceptors (Lipinski definition) is 5. The molecule has 26 heavy (non-hydrogen) atoms. The molecule has 0 saturated carbocycles. The van der Waals surface area contributed by atoms with Crippen molar-refractivity contribution in [2.45, 2.75) is 13.0 Å². The predicted octanol–water partition coefficient (Wildman–Crippen LogP) is 2.98. The minimum absolute atomic E-state index is 0.0729. The maximum Gasteiger partial charge on any atom is 0.146 e. The summed E-state index contributed by atoms with van der Waals surface area (Å²) >= 11 is 0. The van der Waals surface area contributed by atoms with Crippen LogP contribution in [0, 0.1) is 6.92 Å². The Labute approximate surface area is 153 Å². The first kappa shape index (κ1) is 16.9. The monoisotopic (exact) mass is 348 g/mol. The molecule has 0 amide bonds. The molecule has 1 saturated heterocycles. The lowest BCUT2D eigenvalue weighted by molar-refractivity contribution is 0.124. The number of pyridine rings is 2. The Morgan fingerprint density at radius 2 is 1.69 bits per heavy atom. The standard InChI is InChI=1S/C21H24N4O/c1-15-5-3-9-22-18(15)20(25-13-11-24(2)12-14-25)17-8-7-16-6-4-10-23-19(16)21(17)26/h3-10,20,26H,11-14H2,1-2H3. The summed E-state index contributed by atoms with van der Waals surface area (Å²) in [7, 11) is 2.15. The molecule has 3 heterocycles. The van der Waals surface area contributed by atoms with Gasteiger partial charge >= 0.3 is 0 Å². The van der Waals surface area contributed by atoms with E-state index in [1.54, 1.807) is 6.20 Å². The molecular formula is C21H24N4O. The van der Waals surface area contributed by atoms with Gasteiger partial charge in [0, 0.05) is 49.5 Å². The molecule has 0 spiro atoms. The van der Waals surface area contributed by atoms with Crippen molar-refractivity contribution in [1.29, 1.82) is 0 Å². The summed E-state index contributed by atoms with van der Waals surface area (Å²) in [5.74, 6) is 0.261. The minimum Gasteiger partial charge on any atom is -0.505 e. The second kappa shape index (κ2) is 7.02. The lowest BCUT2D eigenvalue weighted by Crippen LogP contribution is -2.46. The fourth-order valence-electron chi connectivity index (χ4n) is 3.75. The summed E-state index contributed by atoms with van der Waals surface area (Å²) in [5.41, 5.74) is 3.67. The zero-order valence-electron chi connectivity index (χ0n) is 15.3. The number of aromatic nitrogens is 2. The average Bonchev–Trinajstić information content (AvgIpc) is 2.67. The van der Waals surface area contributed by atoms with E-state index >= 15 is 0 Å². The first-order valence-electron chi connectivity index (χ1n) is 9.06. The summed E-state index contributed by atoms with van der Waals surface area (Å²) in [4.78, 5) is 13.8. The maximum absolute atomic E-state index is 11.0. The zero-order chi connectivity index (χ0) is 18.1. The predicted molar refractivity (Wildman–Crippen MR) is 103 cm³/mol. The van der Waals surface area contributed by atoms with Crippen LogP contribution < -0.4 is 0 Å². The fourth-order valence-corrected chi connectivity index (χ4v) is 3.75. The maximum atomic E-state index is 11.0. The van der Waals surface area contributed by atoms with E-state index in [-0.39, 0.29) is 11.8 Å². The number of phenols is 1. The third kappa shape index (κ3) is 3.04. The van der Waals surface area contributed by atoms with Crippen molar-refractivity contribution in [3.8, 4) is 5.75 Å². The first-order valence-corrected chi connectivity index (χ1v) is 9.06. The molecule has 1 unspecified atom stereocenters. The lowest BCUT2D eigenvalue weighted by atomic mass is 9.95. The fraction of sp³-hybridized carbons (Fsp3) is 0.333. The van der Waals surface area contributed by atoms with Gasteiger partial charge in [-0.25, -0.2) is 0 Å². The topological polar surface area (TPSA) is 52.5 Å². The van der Waals surface area contributed by atoms with Gasteiger partial charge in [0.1, 0.15) is 11.3 Å². The van der Waals surface area contributed by atoms with Gasteiger partial charge in [-0.05, 0) is 31.7 Å². The Morgan fingerprint density at radius 3 is 2.46 bits per heavy atom. The van der Waals surface area contributed by atoms with Crippen LogP contribution in [0.15, 0.2) is 48.8 Å². The van der Waals surface area contributed by atoms with E-state index in [2.05, 4.69) is 39.8 Å². The molecule has 1 aliphatic rings. The number of fused-ring (bicyclic) bond motifs is 1. The van der Waals surface area contributed by atoms with Crippen molar-refractivity contribution >= 4 is 10.9 Å². The number of aromatic hydroxyl groups is 1. The van der Waals surface area contributed by atoms with Crippen molar-refractivity contribution < 1.29 is 5.11 Å². The van der Waals surface area contributed by atoms with Crippen LogP contribution in [-0.2, 0) is 0 Å². The Kier molecular flexibility index (Phi) is 4.57. The summed E-state index contributed by atoms with van der Waals surface area (Å²) in [6, 6.07) is 11.9. The summed E-state index contributed by atoms with van der Waals surface area (Å²) in [6.45, 7) is 5.99. The van der Waals surface area contributed by atoms with Crippen LogP contribution in [0.5, 0.6) is 5.75 Å². The van der Waals surface area contributed by atoms with Crippen LogP contribution in [-0.4, -0.2) is 58.1 Å². The quantitative estimate of drug-likeness (QED) is 0.789. The Balaban J connectivity index is 1.86. The van der Waals surface area contributed by atoms with E-state index in [4.69, 9.17) is 0 Å². The highest BCUT2D eigenvalue weighted by Gasteiger charge is 2.30. The Morgan fingerprint density at radius 1 is 0.962 bits per heavy atom. The van der Waals surface area contributed by atoms with Gasteiger partial charge in [0.25, 0.3) is 0 Å². The normalized spacial score (nSPS) is 17.5. The van der Waals surface area contributed by atoms with Crippen LogP contribution in [0.3, 0.4) is 0 Å². The molecule has 1 aliphatic heterocycles. The van der Waals surface area contributed by atoms with E-state index in [9.17, 15) is 5.11 Å². The molecule has 1 fully saturated rings. The number of nitrogens with zero attached hydrogens (tertiary/aromatic N) is 4. The molecule has 0 bridgehead atoms. The molecule has 1 atom stereocenters. The Bertz CT molecular complexity index is 919. The van der Waals surface area contributed by atoms with E-state index in [1.807, 2.05) is 36.5 Å². The first-order chi connectivity index (χ1) is 12.6. The average molecular weight is 348 g/mol. The summed E-state index contributed by atoms with van der Waals surface area (Å²) in [6.07, 6.45) is 3.56. The highest BCUT2D eigenvalue weighted by atomic mass is 16.3. The van der Waals surface area contributed by atoms with Gasteiger partial charge in [-0.15, -0.1) is 0 Å². The van der Waals surface area contributed by atoms with Crippen LogP contribution in [0.4, 0.5) is 0 Å². The summed E-state index contributed by atoms with van der Waals surface area (Å²) < 4.78 is 0. The molecule has 5 nitrogen and oxygen atoms in total. The number of rotatable bonds is 3. The van der Waals surface area contributed by atoms with E-state index in [0.29, 0.717) is 5.52 Å². The van der Waals surface area contributed by atoms with Crippen LogP contribution in [0.2, 0.25) is 0 Å². The van der Waals surface area contributed by atoms with Crippen molar-refractivity contribution in [2.75, 3.05) is 33.2 Å². The van der Waals surface area contributed by atoms with Crippen molar-refractivity contribution in [2.24, 2.45) is 0 Å². The van der Waals surface area contributed by atoms with Gasteiger partial charge in [-0.1, -0.05) is 24.3 Å². The molecule has 4 rings (SSSR count). The van der Waals surface area contributed by atoms with Gasteiger partial charge in [0.15, 0.2) is 0 Å². The van der Waals surface area contributed by atoms with Crippen LogP contribution in [0.25, 0.3) is 10.9 Å². The van der Waals surface area contributed by atoms with Gasteiger partial charge in [-0.2, -0.15) is 0 Å². The van der Waals surface area contributed by atoms with Crippen molar-refractivity contribution in [3.63, 3.8) is 0 Å². The zero-order valence-corrected chi connectivity index (χ0v) is 15.3. The smallest absolute Gasteiger partial charge is 0.146 e. The van der Waals surface area contributed by atoms with E-state index in [0.717, 1.165) is 48.4 Å². The number of phenolic OH excluding ortho intramolecular Hbond substituents is 1. The van der Waals surface area contributed by atoms with Gasteiger partial charge < -0.3 is 10.0 Å². The Hall–Kier alpha value is -2.50. The highest BCUT2D eigenvalue weighted by Crippen LogP contribution is 2.38. The molecule has 0 aliphatic carbocycles. The number of aryl methyl sites for hydroxylation is 1.